The molecule has 0 aliphatic rings. The lowest BCUT2D eigenvalue weighted by atomic mass is 10.1. The molecule has 17 heavy (non-hydrogen) atoms. The first-order valence-electron chi connectivity index (χ1n) is 5.62. The molecule has 0 saturated heterocycles. The van der Waals surface area contributed by atoms with Gasteiger partial charge in [-0.1, -0.05) is 0 Å². The zero-order valence-corrected chi connectivity index (χ0v) is 10.5. The van der Waals surface area contributed by atoms with Gasteiger partial charge in [0.25, 0.3) is 0 Å². The Kier molecular flexibility index (Phi) is 3.24. The molecule has 0 amide bonds. The summed E-state index contributed by atoms with van der Waals surface area (Å²) in [6.45, 7) is 3.48. The van der Waals surface area contributed by atoms with Gasteiger partial charge in [-0.25, -0.2) is 0 Å². The van der Waals surface area contributed by atoms with Crippen LogP contribution in [0.4, 0.5) is 0 Å². The van der Waals surface area contributed by atoms with Crippen molar-refractivity contribution in [3.05, 3.63) is 23.9 Å². The Morgan fingerprint density at radius 1 is 1.24 bits per heavy atom. The smallest absolute Gasteiger partial charge is 0.132 e. The van der Waals surface area contributed by atoms with E-state index in [1.165, 1.54) is 5.56 Å². The molecule has 2 aromatic rings. The minimum Gasteiger partial charge on any atom is -0.497 e. The monoisotopic (exact) mass is 234 g/mol. The van der Waals surface area contributed by atoms with Crippen molar-refractivity contribution in [1.29, 1.82) is 0 Å². The molecule has 0 radical (unpaired) electrons. The van der Waals surface area contributed by atoms with Crippen LogP contribution in [0.3, 0.4) is 0 Å². The normalized spacial score (nSPS) is 10.8. The molecule has 4 heteroatoms. The number of benzene rings is 1. The molecule has 0 fully saturated rings. The zero-order valence-electron chi connectivity index (χ0n) is 10.5. The Labute approximate surface area is 101 Å². The van der Waals surface area contributed by atoms with Crippen LogP contribution in [0.2, 0.25) is 0 Å². The number of aromatic nitrogens is 1. The highest BCUT2D eigenvalue weighted by Gasteiger charge is 2.12. The van der Waals surface area contributed by atoms with Crippen molar-refractivity contribution in [2.75, 3.05) is 20.8 Å². The molecule has 0 spiro atoms. The first-order chi connectivity index (χ1) is 8.21. The molecule has 1 heterocycles. The summed E-state index contributed by atoms with van der Waals surface area (Å²) in [4.78, 5) is 0. The molecule has 2 N–H and O–H groups in total. The van der Waals surface area contributed by atoms with Crippen LogP contribution in [0.1, 0.15) is 5.56 Å². The molecule has 0 unspecified atom stereocenters. The van der Waals surface area contributed by atoms with Crippen LogP contribution in [0.5, 0.6) is 11.5 Å². The van der Waals surface area contributed by atoms with E-state index in [1.807, 2.05) is 12.1 Å². The van der Waals surface area contributed by atoms with Crippen LogP contribution in [-0.2, 0) is 6.54 Å². The lowest BCUT2D eigenvalue weighted by molar-refractivity contribution is 0.397. The van der Waals surface area contributed by atoms with E-state index in [0.717, 1.165) is 28.9 Å². The third-order valence-corrected chi connectivity index (χ3v) is 2.93. The third-order valence-electron chi connectivity index (χ3n) is 2.93. The fraction of sp³-hybridized carbons (Fsp3) is 0.385. The van der Waals surface area contributed by atoms with Crippen molar-refractivity contribution < 1.29 is 9.47 Å². The fourth-order valence-electron chi connectivity index (χ4n) is 2.17. The van der Waals surface area contributed by atoms with Crippen molar-refractivity contribution in [2.24, 2.45) is 5.73 Å². The van der Waals surface area contributed by atoms with Gasteiger partial charge in [-0.05, 0) is 12.5 Å². The van der Waals surface area contributed by atoms with Crippen LogP contribution < -0.4 is 15.2 Å². The van der Waals surface area contributed by atoms with E-state index in [-0.39, 0.29) is 0 Å². The van der Waals surface area contributed by atoms with Gasteiger partial charge in [0.1, 0.15) is 11.5 Å². The van der Waals surface area contributed by atoms with Gasteiger partial charge >= 0.3 is 0 Å². The maximum absolute atomic E-state index is 5.62. The molecule has 1 aromatic heterocycles. The molecule has 1 aromatic carbocycles. The van der Waals surface area contributed by atoms with Crippen molar-refractivity contribution in [3.8, 4) is 11.5 Å². The molecule has 0 bridgehead atoms. The van der Waals surface area contributed by atoms with Gasteiger partial charge in [-0.3, -0.25) is 0 Å². The van der Waals surface area contributed by atoms with Gasteiger partial charge in [-0.15, -0.1) is 0 Å². The molecule has 0 aliphatic carbocycles. The van der Waals surface area contributed by atoms with Gasteiger partial charge in [0.05, 0.1) is 19.7 Å². The summed E-state index contributed by atoms with van der Waals surface area (Å²) in [5.74, 6) is 1.64. The topological polar surface area (TPSA) is 49.4 Å². The first kappa shape index (κ1) is 11.8. The second kappa shape index (κ2) is 4.67. The Morgan fingerprint density at radius 2 is 2.00 bits per heavy atom. The van der Waals surface area contributed by atoms with Gasteiger partial charge in [-0.2, -0.15) is 0 Å². The highest BCUT2D eigenvalue weighted by atomic mass is 16.5. The number of methoxy groups -OCH3 is 2. The minimum atomic E-state index is 0.614. The Balaban J connectivity index is 2.71. The number of nitrogens with two attached hydrogens (primary N) is 1. The van der Waals surface area contributed by atoms with E-state index in [4.69, 9.17) is 15.2 Å². The van der Waals surface area contributed by atoms with Crippen LogP contribution in [-0.4, -0.2) is 25.3 Å². The van der Waals surface area contributed by atoms with E-state index in [9.17, 15) is 0 Å². The predicted octanol–water partition coefficient (Wildman–Crippen LogP) is 1.93. The maximum Gasteiger partial charge on any atom is 0.132 e. The lowest BCUT2D eigenvalue weighted by Crippen LogP contribution is -2.08. The number of hydrogen-bond donors (Lipinski definition) is 1. The maximum atomic E-state index is 5.62. The summed E-state index contributed by atoms with van der Waals surface area (Å²) in [5, 5.41) is 1.13. The van der Waals surface area contributed by atoms with E-state index in [1.54, 1.807) is 14.2 Å². The molecule has 0 saturated carbocycles. The number of aryl methyl sites for hydroxylation is 1. The van der Waals surface area contributed by atoms with Gasteiger partial charge in [0.15, 0.2) is 0 Å². The summed E-state index contributed by atoms with van der Waals surface area (Å²) in [7, 11) is 3.33. The highest BCUT2D eigenvalue weighted by molar-refractivity contribution is 5.91. The summed E-state index contributed by atoms with van der Waals surface area (Å²) < 4.78 is 12.8. The van der Waals surface area contributed by atoms with E-state index in [0.29, 0.717) is 6.54 Å². The van der Waals surface area contributed by atoms with Gasteiger partial charge in [0, 0.05) is 36.8 Å². The molecular weight excluding hydrogens is 216 g/mol. The highest BCUT2D eigenvalue weighted by Crippen LogP contribution is 2.34. The van der Waals surface area contributed by atoms with Crippen molar-refractivity contribution in [3.63, 3.8) is 0 Å². The lowest BCUT2D eigenvalue weighted by Gasteiger charge is -2.08. The summed E-state index contributed by atoms with van der Waals surface area (Å²) in [5.41, 5.74) is 7.91. The molecule has 0 atom stereocenters. The number of fused-ring (bicyclic) bond motifs is 1. The third kappa shape index (κ3) is 1.96. The molecule has 0 aliphatic heterocycles. The minimum absolute atomic E-state index is 0.614. The molecule has 4 nitrogen and oxygen atoms in total. The van der Waals surface area contributed by atoms with Gasteiger partial charge < -0.3 is 19.8 Å². The van der Waals surface area contributed by atoms with Gasteiger partial charge in [0.2, 0.25) is 0 Å². The van der Waals surface area contributed by atoms with Crippen molar-refractivity contribution in [2.45, 2.75) is 13.5 Å². The Morgan fingerprint density at radius 3 is 2.59 bits per heavy atom. The number of rotatable bonds is 4. The van der Waals surface area contributed by atoms with Crippen molar-refractivity contribution >= 4 is 10.9 Å². The zero-order chi connectivity index (χ0) is 12.4. The van der Waals surface area contributed by atoms with E-state index < -0.39 is 0 Å². The Bertz CT molecular complexity index is 532. The summed E-state index contributed by atoms with van der Waals surface area (Å²) >= 11 is 0. The number of nitrogens with zero attached hydrogens (tertiary/aromatic N) is 1. The van der Waals surface area contributed by atoms with Crippen LogP contribution in [0.25, 0.3) is 10.9 Å². The fourth-order valence-corrected chi connectivity index (χ4v) is 2.17. The first-order valence-corrected chi connectivity index (χ1v) is 5.62. The quantitative estimate of drug-likeness (QED) is 0.879. The van der Waals surface area contributed by atoms with E-state index >= 15 is 0 Å². The summed E-state index contributed by atoms with van der Waals surface area (Å²) in [6.07, 6.45) is 2.10. The number of ether oxygens (including phenoxy) is 2. The second-order valence-corrected chi connectivity index (χ2v) is 4.02. The average Bonchev–Trinajstić information content (AvgIpc) is 2.66. The molecule has 2 rings (SSSR count). The summed E-state index contributed by atoms with van der Waals surface area (Å²) in [6, 6.07) is 3.92. The predicted molar refractivity (Wildman–Crippen MR) is 68.8 cm³/mol. The molecular formula is C13H18N2O2. The van der Waals surface area contributed by atoms with Crippen molar-refractivity contribution in [1.82, 2.24) is 4.57 Å². The second-order valence-electron chi connectivity index (χ2n) is 4.02. The molecule has 92 valence electrons. The van der Waals surface area contributed by atoms with Crippen LogP contribution in [0.15, 0.2) is 18.3 Å². The number of hydrogen-bond acceptors (Lipinski definition) is 3. The average molecular weight is 234 g/mol. The standard InChI is InChI=1S/C13H18N2O2/c1-9-8-15(5-4-14)11-6-10(16-2)7-12(17-3)13(9)11/h6-8H,4-5,14H2,1-3H3. The Hall–Kier alpha value is -1.68. The largest absolute Gasteiger partial charge is 0.497 e. The van der Waals surface area contributed by atoms with Crippen LogP contribution in [0, 0.1) is 6.92 Å². The van der Waals surface area contributed by atoms with Crippen LogP contribution >= 0.6 is 0 Å². The SMILES string of the molecule is COc1cc(OC)c2c(C)cn(CCN)c2c1. The van der Waals surface area contributed by atoms with E-state index in [2.05, 4.69) is 17.7 Å².